The highest BCUT2D eigenvalue weighted by molar-refractivity contribution is 9.10. The van der Waals surface area contributed by atoms with Gasteiger partial charge in [0, 0.05) is 10.5 Å². The molecule has 1 unspecified atom stereocenters. The summed E-state index contributed by atoms with van der Waals surface area (Å²) in [5.74, 6) is 0. The van der Waals surface area contributed by atoms with E-state index in [2.05, 4.69) is 52.4 Å². The number of rotatable bonds is 6. The summed E-state index contributed by atoms with van der Waals surface area (Å²) in [7, 11) is 0. The van der Waals surface area contributed by atoms with E-state index in [1.807, 2.05) is 18.2 Å². The Hall–Kier alpha value is -0.540. The Morgan fingerprint density at radius 2 is 1.76 bits per heavy atom. The molecule has 1 atom stereocenters. The molecule has 2 rings (SSSR count). The maximum absolute atomic E-state index is 6.11. The van der Waals surface area contributed by atoms with Crippen molar-refractivity contribution in [3.8, 4) is 0 Å². The van der Waals surface area contributed by atoms with Gasteiger partial charge in [0.25, 0.3) is 0 Å². The number of hydrogen-bond acceptors (Lipinski definition) is 1. The zero-order valence-corrected chi connectivity index (χ0v) is 15.0. The predicted molar refractivity (Wildman–Crippen MR) is 95.3 cm³/mol. The van der Waals surface area contributed by atoms with Crippen molar-refractivity contribution in [2.24, 2.45) is 0 Å². The Morgan fingerprint density at radius 3 is 2.38 bits per heavy atom. The molecule has 0 amide bonds. The van der Waals surface area contributed by atoms with Crippen LogP contribution >= 0.6 is 39.1 Å². The lowest BCUT2D eigenvalue weighted by molar-refractivity contribution is 0.529. The van der Waals surface area contributed by atoms with Crippen LogP contribution in [0.4, 0.5) is 0 Å². The largest absolute Gasteiger partial charge is 0.310 e. The molecule has 0 spiro atoms. The standard InChI is InChI=1S/C17H18BrCl2N/c1-2-9-21-17(13-4-6-14(18)7-5-13)11-12-3-8-15(19)16(20)10-12/h3-8,10,17,21H,2,9,11H2,1H3. The van der Waals surface area contributed by atoms with Crippen molar-refractivity contribution in [3.63, 3.8) is 0 Å². The summed E-state index contributed by atoms with van der Waals surface area (Å²) < 4.78 is 1.09. The Balaban J connectivity index is 2.19. The van der Waals surface area contributed by atoms with E-state index >= 15 is 0 Å². The van der Waals surface area contributed by atoms with Crippen LogP contribution in [0.2, 0.25) is 10.0 Å². The van der Waals surface area contributed by atoms with E-state index < -0.39 is 0 Å². The molecule has 112 valence electrons. The highest BCUT2D eigenvalue weighted by Gasteiger charge is 2.12. The molecule has 0 fully saturated rings. The van der Waals surface area contributed by atoms with Crippen LogP contribution in [0.3, 0.4) is 0 Å². The minimum absolute atomic E-state index is 0.273. The topological polar surface area (TPSA) is 12.0 Å². The van der Waals surface area contributed by atoms with Gasteiger partial charge in [0.15, 0.2) is 0 Å². The molecule has 0 aromatic heterocycles. The van der Waals surface area contributed by atoms with Crippen molar-refractivity contribution in [2.75, 3.05) is 6.54 Å². The molecule has 21 heavy (non-hydrogen) atoms. The maximum Gasteiger partial charge on any atom is 0.0595 e. The highest BCUT2D eigenvalue weighted by Crippen LogP contribution is 2.26. The van der Waals surface area contributed by atoms with Crippen molar-refractivity contribution < 1.29 is 0 Å². The molecule has 2 aromatic carbocycles. The average Bonchev–Trinajstić information content (AvgIpc) is 2.48. The summed E-state index contributed by atoms with van der Waals surface area (Å²) in [5, 5.41) is 4.81. The fourth-order valence-corrected chi connectivity index (χ4v) is 2.81. The lowest BCUT2D eigenvalue weighted by atomic mass is 9.99. The van der Waals surface area contributed by atoms with Gasteiger partial charge in [0.05, 0.1) is 10.0 Å². The molecular weight excluding hydrogens is 369 g/mol. The Morgan fingerprint density at radius 1 is 1.05 bits per heavy atom. The third kappa shape index (κ3) is 5.00. The molecule has 0 heterocycles. The third-order valence-electron chi connectivity index (χ3n) is 3.34. The summed E-state index contributed by atoms with van der Waals surface area (Å²) >= 11 is 15.6. The first kappa shape index (κ1) is 16.8. The number of halogens is 3. The zero-order chi connectivity index (χ0) is 15.2. The van der Waals surface area contributed by atoms with Crippen LogP contribution in [-0.2, 0) is 6.42 Å². The quantitative estimate of drug-likeness (QED) is 0.638. The second-order valence-electron chi connectivity index (χ2n) is 5.01. The van der Waals surface area contributed by atoms with E-state index in [9.17, 15) is 0 Å². The molecule has 0 aliphatic rings. The summed E-state index contributed by atoms with van der Waals surface area (Å²) in [6.45, 7) is 3.16. The predicted octanol–water partition coefficient (Wildman–Crippen LogP) is 6.04. The van der Waals surface area contributed by atoms with E-state index in [1.54, 1.807) is 0 Å². The summed E-state index contributed by atoms with van der Waals surface area (Å²) in [6, 6.07) is 14.6. The van der Waals surface area contributed by atoms with E-state index in [0.29, 0.717) is 10.0 Å². The molecule has 1 N–H and O–H groups in total. The first-order chi connectivity index (χ1) is 10.1. The van der Waals surface area contributed by atoms with Gasteiger partial charge in [-0.05, 0) is 54.8 Å². The van der Waals surface area contributed by atoms with Gasteiger partial charge < -0.3 is 5.32 Å². The van der Waals surface area contributed by atoms with E-state index in [-0.39, 0.29) is 6.04 Å². The van der Waals surface area contributed by atoms with E-state index in [1.165, 1.54) is 11.1 Å². The van der Waals surface area contributed by atoms with Gasteiger partial charge in [-0.2, -0.15) is 0 Å². The lowest BCUT2D eigenvalue weighted by Gasteiger charge is -2.19. The van der Waals surface area contributed by atoms with E-state index in [4.69, 9.17) is 23.2 Å². The van der Waals surface area contributed by atoms with Crippen LogP contribution in [0.1, 0.15) is 30.5 Å². The first-order valence-corrected chi connectivity index (χ1v) is 8.58. The summed E-state index contributed by atoms with van der Waals surface area (Å²) in [4.78, 5) is 0. The van der Waals surface area contributed by atoms with Crippen LogP contribution < -0.4 is 5.32 Å². The van der Waals surface area contributed by atoms with Crippen LogP contribution in [0.15, 0.2) is 46.9 Å². The van der Waals surface area contributed by atoms with Gasteiger partial charge in [-0.15, -0.1) is 0 Å². The molecule has 0 bridgehead atoms. The van der Waals surface area contributed by atoms with Crippen LogP contribution in [0, 0.1) is 0 Å². The Bertz CT molecular complexity index is 584. The van der Waals surface area contributed by atoms with Crippen molar-refractivity contribution in [2.45, 2.75) is 25.8 Å². The van der Waals surface area contributed by atoms with Crippen LogP contribution in [0.25, 0.3) is 0 Å². The minimum Gasteiger partial charge on any atom is -0.310 e. The lowest BCUT2D eigenvalue weighted by Crippen LogP contribution is -2.24. The fraction of sp³-hybridized carbons (Fsp3) is 0.294. The molecule has 0 radical (unpaired) electrons. The number of benzene rings is 2. The molecule has 2 aromatic rings. The SMILES string of the molecule is CCCNC(Cc1ccc(Cl)c(Cl)c1)c1ccc(Br)cc1. The molecular formula is C17H18BrCl2N. The van der Waals surface area contributed by atoms with Crippen LogP contribution in [0.5, 0.6) is 0 Å². The Labute approximate surface area is 144 Å². The van der Waals surface area contributed by atoms with Gasteiger partial charge in [0.1, 0.15) is 0 Å². The molecule has 0 saturated carbocycles. The van der Waals surface area contributed by atoms with Crippen LogP contribution in [-0.4, -0.2) is 6.54 Å². The third-order valence-corrected chi connectivity index (χ3v) is 4.60. The second kappa shape index (κ2) is 8.19. The fourth-order valence-electron chi connectivity index (χ4n) is 2.22. The van der Waals surface area contributed by atoms with E-state index in [0.717, 1.165) is 23.9 Å². The maximum atomic E-state index is 6.11. The van der Waals surface area contributed by atoms with Gasteiger partial charge in [-0.25, -0.2) is 0 Å². The molecule has 0 saturated heterocycles. The highest BCUT2D eigenvalue weighted by atomic mass is 79.9. The van der Waals surface area contributed by atoms with Crippen molar-refractivity contribution in [3.05, 3.63) is 68.1 Å². The number of hydrogen-bond donors (Lipinski definition) is 1. The first-order valence-electron chi connectivity index (χ1n) is 7.03. The van der Waals surface area contributed by atoms with Gasteiger partial charge >= 0.3 is 0 Å². The molecule has 4 heteroatoms. The molecule has 1 nitrogen and oxygen atoms in total. The van der Waals surface area contributed by atoms with Gasteiger partial charge in [0.2, 0.25) is 0 Å². The smallest absolute Gasteiger partial charge is 0.0595 e. The van der Waals surface area contributed by atoms with Crippen molar-refractivity contribution in [1.82, 2.24) is 5.32 Å². The normalized spacial score (nSPS) is 12.4. The van der Waals surface area contributed by atoms with Gasteiger partial charge in [-0.3, -0.25) is 0 Å². The molecule has 0 aliphatic carbocycles. The second-order valence-corrected chi connectivity index (χ2v) is 6.74. The molecule has 0 aliphatic heterocycles. The average molecular weight is 387 g/mol. The van der Waals surface area contributed by atoms with Gasteiger partial charge in [-0.1, -0.05) is 64.3 Å². The zero-order valence-electron chi connectivity index (χ0n) is 11.9. The Kier molecular flexibility index (Phi) is 6.56. The minimum atomic E-state index is 0.273. The summed E-state index contributed by atoms with van der Waals surface area (Å²) in [5.41, 5.74) is 2.46. The summed E-state index contributed by atoms with van der Waals surface area (Å²) in [6.07, 6.45) is 1.99. The van der Waals surface area contributed by atoms with Crippen molar-refractivity contribution in [1.29, 1.82) is 0 Å². The number of nitrogens with one attached hydrogen (secondary N) is 1. The van der Waals surface area contributed by atoms with Crippen molar-refractivity contribution >= 4 is 39.1 Å². The monoisotopic (exact) mass is 385 g/mol.